The lowest BCUT2D eigenvalue weighted by Gasteiger charge is -2.17. The molecule has 1 saturated heterocycles. The fourth-order valence-corrected chi connectivity index (χ4v) is 3.79. The zero-order valence-electron chi connectivity index (χ0n) is 17.8. The van der Waals surface area contributed by atoms with Crippen LogP contribution in [0.4, 0.5) is 13.2 Å². The van der Waals surface area contributed by atoms with Gasteiger partial charge in [-0.25, -0.2) is 4.98 Å². The number of benzene rings is 2. The van der Waals surface area contributed by atoms with Crippen LogP contribution in [0.15, 0.2) is 60.8 Å². The molecular weight excluding hydrogens is 449 g/mol. The summed E-state index contributed by atoms with van der Waals surface area (Å²) in [5.41, 5.74) is 1.75. The van der Waals surface area contributed by atoms with E-state index in [9.17, 15) is 13.2 Å². The number of halogens is 4. The zero-order chi connectivity index (χ0) is 23.3. The molecule has 2 heterocycles. The summed E-state index contributed by atoms with van der Waals surface area (Å²) in [7, 11) is 0. The van der Waals surface area contributed by atoms with Crippen LogP contribution in [0, 0.1) is 11.8 Å². The second-order valence-corrected chi connectivity index (χ2v) is 8.23. The first-order chi connectivity index (χ1) is 15.9. The second kappa shape index (κ2) is 10.3. The van der Waals surface area contributed by atoms with Gasteiger partial charge in [0.1, 0.15) is 18.1 Å². The molecule has 0 atom stereocenters. The van der Waals surface area contributed by atoms with Gasteiger partial charge in [-0.3, -0.25) is 4.90 Å². The molecule has 1 fully saturated rings. The Morgan fingerprint density at radius 2 is 1.67 bits per heavy atom. The SMILES string of the molecule is FC(F)(F)c1cc(C#Cc2ccc(-c3ccc(Cl)cc3)cn2)ccc1OCCN1CCCC1. The van der Waals surface area contributed by atoms with Crippen LogP contribution >= 0.6 is 11.6 Å². The normalized spacial score (nSPS) is 14.1. The first kappa shape index (κ1) is 23.2. The van der Waals surface area contributed by atoms with Crippen molar-refractivity contribution in [2.24, 2.45) is 0 Å². The van der Waals surface area contributed by atoms with Gasteiger partial charge in [-0.15, -0.1) is 0 Å². The van der Waals surface area contributed by atoms with Gasteiger partial charge in [0, 0.05) is 28.9 Å². The Hall–Kier alpha value is -3.01. The molecule has 0 bridgehead atoms. The fraction of sp³-hybridized carbons (Fsp3) is 0.269. The molecule has 7 heteroatoms. The summed E-state index contributed by atoms with van der Waals surface area (Å²) in [5, 5.41) is 0.649. The molecule has 2 aromatic carbocycles. The van der Waals surface area contributed by atoms with Crippen LogP contribution in [0.2, 0.25) is 5.02 Å². The Labute approximate surface area is 196 Å². The van der Waals surface area contributed by atoms with E-state index in [-0.39, 0.29) is 17.9 Å². The van der Waals surface area contributed by atoms with Crippen LogP contribution in [0.1, 0.15) is 29.7 Å². The summed E-state index contributed by atoms with van der Waals surface area (Å²) in [6, 6.07) is 14.9. The molecular formula is C26H22ClF3N2O. The van der Waals surface area contributed by atoms with Gasteiger partial charge in [-0.05, 0) is 73.8 Å². The van der Waals surface area contributed by atoms with Crippen molar-refractivity contribution in [2.45, 2.75) is 19.0 Å². The van der Waals surface area contributed by atoms with Gasteiger partial charge >= 0.3 is 6.18 Å². The number of likely N-dealkylation sites (tertiary alicyclic amines) is 1. The van der Waals surface area contributed by atoms with Crippen LogP contribution < -0.4 is 4.74 Å². The molecule has 1 aliphatic rings. The average Bonchev–Trinajstić information content (AvgIpc) is 3.32. The minimum absolute atomic E-state index is 0.169. The van der Waals surface area contributed by atoms with E-state index in [0.717, 1.165) is 43.1 Å². The van der Waals surface area contributed by atoms with Crippen molar-refractivity contribution in [1.29, 1.82) is 0 Å². The number of rotatable bonds is 5. The summed E-state index contributed by atoms with van der Waals surface area (Å²) >= 11 is 5.91. The monoisotopic (exact) mass is 470 g/mol. The molecule has 170 valence electrons. The fourth-order valence-electron chi connectivity index (χ4n) is 3.66. The molecule has 4 rings (SSSR count). The van der Waals surface area contributed by atoms with Crippen molar-refractivity contribution in [1.82, 2.24) is 9.88 Å². The molecule has 0 spiro atoms. The molecule has 0 radical (unpaired) electrons. The van der Waals surface area contributed by atoms with E-state index in [4.69, 9.17) is 16.3 Å². The Bertz CT molecular complexity index is 1140. The van der Waals surface area contributed by atoms with E-state index in [2.05, 4.69) is 21.7 Å². The van der Waals surface area contributed by atoms with Crippen LogP contribution in [-0.4, -0.2) is 36.1 Å². The quantitative estimate of drug-likeness (QED) is 0.409. The molecule has 0 amide bonds. The van der Waals surface area contributed by atoms with E-state index in [0.29, 0.717) is 17.3 Å². The Balaban J connectivity index is 1.47. The lowest BCUT2D eigenvalue weighted by molar-refractivity contribution is -0.139. The minimum atomic E-state index is -4.53. The number of aromatic nitrogens is 1. The Morgan fingerprint density at radius 3 is 2.33 bits per heavy atom. The summed E-state index contributed by atoms with van der Waals surface area (Å²) in [4.78, 5) is 6.49. The van der Waals surface area contributed by atoms with Gasteiger partial charge in [0.2, 0.25) is 0 Å². The lowest BCUT2D eigenvalue weighted by Crippen LogP contribution is -2.25. The van der Waals surface area contributed by atoms with E-state index in [1.807, 2.05) is 18.2 Å². The van der Waals surface area contributed by atoms with E-state index in [1.165, 1.54) is 12.1 Å². The molecule has 3 aromatic rings. The van der Waals surface area contributed by atoms with Gasteiger partial charge in [-0.2, -0.15) is 13.2 Å². The van der Waals surface area contributed by atoms with Crippen LogP contribution in [0.25, 0.3) is 11.1 Å². The Morgan fingerprint density at radius 1 is 0.939 bits per heavy atom. The molecule has 1 aromatic heterocycles. The first-order valence-electron chi connectivity index (χ1n) is 10.7. The molecule has 33 heavy (non-hydrogen) atoms. The summed E-state index contributed by atoms with van der Waals surface area (Å²) in [6.07, 6.45) is -0.607. The van der Waals surface area contributed by atoms with Gasteiger partial charge < -0.3 is 4.74 Å². The van der Waals surface area contributed by atoms with E-state index in [1.54, 1.807) is 24.4 Å². The number of pyridine rings is 1. The highest BCUT2D eigenvalue weighted by molar-refractivity contribution is 6.30. The van der Waals surface area contributed by atoms with Crippen LogP contribution in [-0.2, 0) is 6.18 Å². The number of ether oxygens (including phenoxy) is 1. The summed E-state index contributed by atoms with van der Waals surface area (Å²) < 4.78 is 46.2. The standard InChI is InChI=1S/C26H22ClF3N2O/c27-22-8-5-20(6-9-22)21-7-11-23(31-18-21)10-3-19-4-12-25(24(17-19)26(28,29)30)33-16-15-32-13-1-2-14-32/h4-9,11-12,17-18H,1-2,13-16H2. The molecule has 1 aliphatic heterocycles. The maximum atomic E-state index is 13.6. The zero-order valence-corrected chi connectivity index (χ0v) is 18.6. The second-order valence-electron chi connectivity index (χ2n) is 7.79. The first-order valence-corrected chi connectivity index (χ1v) is 11.1. The van der Waals surface area contributed by atoms with Gasteiger partial charge in [0.15, 0.2) is 0 Å². The molecule has 3 nitrogen and oxygen atoms in total. The summed E-state index contributed by atoms with van der Waals surface area (Å²) in [5.74, 6) is 5.44. The van der Waals surface area contributed by atoms with Crippen molar-refractivity contribution in [3.05, 3.63) is 82.6 Å². The van der Waals surface area contributed by atoms with Gasteiger partial charge in [-0.1, -0.05) is 35.7 Å². The minimum Gasteiger partial charge on any atom is -0.492 e. The molecule has 0 N–H and O–H groups in total. The molecule has 0 saturated carbocycles. The predicted molar refractivity (Wildman–Crippen MR) is 123 cm³/mol. The maximum absolute atomic E-state index is 13.6. The third-order valence-corrected chi connectivity index (χ3v) is 5.68. The third kappa shape index (κ3) is 6.28. The summed E-state index contributed by atoms with van der Waals surface area (Å²) in [6.45, 7) is 2.78. The number of hydrogen-bond acceptors (Lipinski definition) is 3. The van der Waals surface area contributed by atoms with Crippen molar-refractivity contribution < 1.29 is 17.9 Å². The topological polar surface area (TPSA) is 25.4 Å². The lowest BCUT2D eigenvalue weighted by atomic mass is 10.1. The maximum Gasteiger partial charge on any atom is 0.420 e. The van der Waals surface area contributed by atoms with Crippen molar-refractivity contribution in [3.8, 4) is 28.7 Å². The highest BCUT2D eigenvalue weighted by Crippen LogP contribution is 2.36. The molecule has 0 aliphatic carbocycles. The largest absolute Gasteiger partial charge is 0.492 e. The van der Waals surface area contributed by atoms with E-state index < -0.39 is 11.7 Å². The average molecular weight is 471 g/mol. The number of hydrogen-bond donors (Lipinski definition) is 0. The number of nitrogens with zero attached hydrogens (tertiary/aromatic N) is 2. The Kier molecular flexibility index (Phi) is 7.22. The smallest absolute Gasteiger partial charge is 0.420 e. The van der Waals surface area contributed by atoms with Crippen molar-refractivity contribution in [3.63, 3.8) is 0 Å². The highest BCUT2D eigenvalue weighted by Gasteiger charge is 2.34. The van der Waals surface area contributed by atoms with Crippen LogP contribution in [0.3, 0.4) is 0 Å². The van der Waals surface area contributed by atoms with Crippen molar-refractivity contribution >= 4 is 11.6 Å². The van der Waals surface area contributed by atoms with Gasteiger partial charge in [0.25, 0.3) is 0 Å². The predicted octanol–water partition coefficient (Wildman–Crippen LogP) is 6.30. The van der Waals surface area contributed by atoms with Gasteiger partial charge in [0.05, 0.1) is 5.56 Å². The van der Waals surface area contributed by atoms with Crippen LogP contribution in [0.5, 0.6) is 5.75 Å². The van der Waals surface area contributed by atoms with Crippen molar-refractivity contribution in [2.75, 3.05) is 26.2 Å². The number of alkyl halides is 3. The van der Waals surface area contributed by atoms with E-state index >= 15 is 0 Å². The molecule has 0 unspecified atom stereocenters. The highest BCUT2D eigenvalue weighted by atomic mass is 35.5. The third-order valence-electron chi connectivity index (χ3n) is 5.42.